The summed E-state index contributed by atoms with van der Waals surface area (Å²) in [6.07, 6.45) is 2.59. The molecule has 15 heavy (non-hydrogen) atoms. The van der Waals surface area contributed by atoms with Crippen molar-refractivity contribution < 1.29 is 9.53 Å². The second-order valence-electron chi connectivity index (χ2n) is 3.95. The quantitative estimate of drug-likeness (QED) is 0.774. The van der Waals surface area contributed by atoms with Crippen LogP contribution in [0.4, 0.5) is 0 Å². The third kappa shape index (κ3) is 2.38. The summed E-state index contributed by atoms with van der Waals surface area (Å²) >= 11 is 1.69. The molecule has 2 rings (SSSR count). The summed E-state index contributed by atoms with van der Waals surface area (Å²) in [5.74, 6) is -0.110. The Bertz CT molecular complexity index is 330. The van der Waals surface area contributed by atoms with E-state index in [1.807, 2.05) is 17.5 Å². The number of thiophene rings is 1. The molecule has 2 N–H and O–H groups in total. The zero-order chi connectivity index (χ0) is 10.7. The average molecular weight is 225 g/mol. The summed E-state index contributed by atoms with van der Waals surface area (Å²) in [7, 11) is 0. The van der Waals surface area contributed by atoms with Crippen molar-refractivity contribution in [2.75, 3.05) is 13.2 Å². The van der Waals surface area contributed by atoms with Crippen LogP contribution in [-0.4, -0.2) is 19.1 Å². The zero-order valence-electron chi connectivity index (χ0n) is 8.57. The summed E-state index contributed by atoms with van der Waals surface area (Å²) in [6.45, 7) is 0.895. The molecular weight excluding hydrogens is 210 g/mol. The van der Waals surface area contributed by atoms with Crippen LogP contribution >= 0.6 is 11.3 Å². The summed E-state index contributed by atoms with van der Waals surface area (Å²) in [5.41, 5.74) is 5.21. The normalized spacial score (nSPS) is 17.4. The van der Waals surface area contributed by atoms with Gasteiger partial charge in [0.15, 0.2) is 0 Å². The van der Waals surface area contributed by atoms with Crippen LogP contribution in [0.1, 0.15) is 17.7 Å². The van der Waals surface area contributed by atoms with Crippen LogP contribution in [0.2, 0.25) is 0 Å². The highest BCUT2D eigenvalue weighted by Gasteiger charge is 2.50. The van der Waals surface area contributed by atoms with Crippen LogP contribution in [0.25, 0.3) is 0 Å². The molecule has 0 spiro atoms. The van der Waals surface area contributed by atoms with Crippen LogP contribution in [0.5, 0.6) is 0 Å². The first-order valence-electron chi connectivity index (χ1n) is 5.16. The lowest BCUT2D eigenvalue weighted by Gasteiger charge is -2.11. The number of ether oxygens (including phenoxy) is 1. The van der Waals surface area contributed by atoms with Gasteiger partial charge in [0.2, 0.25) is 0 Å². The van der Waals surface area contributed by atoms with E-state index in [0.29, 0.717) is 13.2 Å². The highest BCUT2D eigenvalue weighted by Crippen LogP contribution is 2.45. The van der Waals surface area contributed by atoms with Crippen molar-refractivity contribution in [3.63, 3.8) is 0 Å². The molecule has 4 heteroatoms. The molecule has 0 aliphatic heterocycles. The molecule has 0 unspecified atom stereocenters. The van der Waals surface area contributed by atoms with Crippen LogP contribution in [0.15, 0.2) is 17.5 Å². The van der Waals surface area contributed by atoms with Gasteiger partial charge in [-0.15, -0.1) is 11.3 Å². The van der Waals surface area contributed by atoms with Gasteiger partial charge in [-0.3, -0.25) is 4.79 Å². The Morgan fingerprint density at radius 1 is 1.60 bits per heavy atom. The SMILES string of the molecule is NCC1(C(=O)OCCc2cccs2)CC1. The Labute approximate surface area is 93.2 Å². The maximum absolute atomic E-state index is 11.6. The van der Waals surface area contributed by atoms with E-state index < -0.39 is 0 Å². The van der Waals surface area contributed by atoms with E-state index in [0.717, 1.165) is 19.3 Å². The lowest BCUT2D eigenvalue weighted by atomic mass is 10.1. The fourth-order valence-corrected chi connectivity index (χ4v) is 2.18. The van der Waals surface area contributed by atoms with E-state index in [-0.39, 0.29) is 11.4 Å². The predicted molar refractivity (Wildman–Crippen MR) is 59.7 cm³/mol. The van der Waals surface area contributed by atoms with Crippen LogP contribution in [-0.2, 0) is 16.0 Å². The molecule has 0 amide bonds. The molecule has 0 radical (unpaired) electrons. The third-order valence-corrected chi connectivity index (χ3v) is 3.78. The van der Waals surface area contributed by atoms with Gasteiger partial charge in [0.25, 0.3) is 0 Å². The lowest BCUT2D eigenvalue weighted by molar-refractivity contribution is -0.149. The highest BCUT2D eigenvalue weighted by molar-refractivity contribution is 7.09. The van der Waals surface area contributed by atoms with E-state index in [1.165, 1.54) is 4.88 Å². The molecule has 0 saturated heterocycles. The summed E-state index contributed by atoms with van der Waals surface area (Å²) in [5, 5.41) is 2.03. The molecule has 82 valence electrons. The van der Waals surface area contributed by atoms with Gasteiger partial charge in [0.1, 0.15) is 0 Å². The number of rotatable bonds is 5. The minimum atomic E-state index is -0.324. The topological polar surface area (TPSA) is 52.3 Å². The van der Waals surface area contributed by atoms with Gasteiger partial charge < -0.3 is 10.5 Å². The van der Waals surface area contributed by atoms with E-state index >= 15 is 0 Å². The maximum atomic E-state index is 11.6. The fourth-order valence-electron chi connectivity index (χ4n) is 1.49. The summed E-state index contributed by atoms with van der Waals surface area (Å²) in [4.78, 5) is 12.8. The van der Waals surface area contributed by atoms with Crippen molar-refractivity contribution in [2.24, 2.45) is 11.1 Å². The Morgan fingerprint density at radius 2 is 2.40 bits per heavy atom. The van der Waals surface area contributed by atoms with Gasteiger partial charge in [-0.25, -0.2) is 0 Å². The predicted octanol–water partition coefficient (Wildman–Crippen LogP) is 1.57. The lowest BCUT2D eigenvalue weighted by Crippen LogP contribution is -2.27. The molecule has 3 nitrogen and oxygen atoms in total. The van der Waals surface area contributed by atoms with Crippen LogP contribution in [0.3, 0.4) is 0 Å². The second-order valence-corrected chi connectivity index (χ2v) is 4.98. The molecule has 1 aromatic heterocycles. The van der Waals surface area contributed by atoms with Crippen molar-refractivity contribution in [2.45, 2.75) is 19.3 Å². The van der Waals surface area contributed by atoms with Gasteiger partial charge in [0, 0.05) is 17.8 Å². The van der Waals surface area contributed by atoms with E-state index in [2.05, 4.69) is 0 Å². The van der Waals surface area contributed by atoms with Crippen molar-refractivity contribution in [3.8, 4) is 0 Å². The Hall–Kier alpha value is -0.870. The highest BCUT2D eigenvalue weighted by atomic mass is 32.1. The van der Waals surface area contributed by atoms with Gasteiger partial charge in [-0.1, -0.05) is 6.07 Å². The molecule has 0 atom stereocenters. The van der Waals surface area contributed by atoms with Crippen LogP contribution in [0, 0.1) is 5.41 Å². The Morgan fingerprint density at radius 3 is 2.93 bits per heavy atom. The molecular formula is C11H15NO2S. The van der Waals surface area contributed by atoms with Gasteiger partial charge in [-0.2, -0.15) is 0 Å². The Balaban J connectivity index is 1.72. The van der Waals surface area contributed by atoms with E-state index in [9.17, 15) is 4.79 Å². The largest absolute Gasteiger partial charge is 0.465 e. The minimum absolute atomic E-state index is 0.110. The van der Waals surface area contributed by atoms with Crippen molar-refractivity contribution in [3.05, 3.63) is 22.4 Å². The minimum Gasteiger partial charge on any atom is -0.465 e. The summed E-state index contributed by atoms with van der Waals surface area (Å²) < 4.78 is 5.22. The number of esters is 1. The van der Waals surface area contributed by atoms with Gasteiger partial charge >= 0.3 is 5.97 Å². The molecule has 1 aromatic rings. The average Bonchev–Trinajstić information content (AvgIpc) is 2.90. The van der Waals surface area contributed by atoms with Gasteiger partial charge in [0.05, 0.1) is 12.0 Å². The second kappa shape index (κ2) is 4.33. The first kappa shape index (κ1) is 10.6. The van der Waals surface area contributed by atoms with Crippen LogP contribution < -0.4 is 5.73 Å². The molecule has 1 aliphatic carbocycles. The molecule has 1 heterocycles. The standard InChI is InChI=1S/C11H15NO2S/c12-8-11(4-5-11)10(13)14-6-3-9-2-1-7-15-9/h1-2,7H,3-6,8,12H2. The number of hydrogen-bond acceptors (Lipinski definition) is 4. The Kier molecular flexibility index (Phi) is 3.07. The fraction of sp³-hybridized carbons (Fsp3) is 0.545. The number of carbonyl (C=O) groups is 1. The number of carbonyl (C=O) groups excluding carboxylic acids is 1. The molecule has 1 fully saturated rings. The summed E-state index contributed by atoms with van der Waals surface area (Å²) in [6, 6.07) is 4.05. The number of nitrogens with two attached hydrogens (primary N) is 1. The monoisotopic (exact) mass is 225 g/mol. The molecule has 1 aliphatic rings. The molecule has 0 bridgehead atoms. The number of hydrogen-bond donors (Lipinski definition) is 1. The molecule has 0 aromatic carbocycles. The van der Waals surface area contributed by atoms with Crippen molar-refractivity contribution in [1.82, 2.24) is 0 Å². The van der Waals surface area contributed by atoms with Crippen molar-refractivity contribution in [1.29, 1.82) is 0 Å². The molecule has 1 saturated carbocycles. The van der Waals surface area contributed by atoms with E-state index in [4.69, 9.17) is 10.5 Å². The van der Waals surface area contributed by atoms with E-state index in [1.54, 1.807) is 11.3 Å². The van der Waals surface area contributed by atoms with Crippen molar-refractivity contribution >= 4 is 17.3 Å². The van der Waals surface area contributed by atoms with Gasteiger partial charge in [-0.05, 0) is 24.3 Å². The first-order chi connectivity index (χ1) is 7.27. The zero-order valence-corrected chi connectivity index (χ0v) is 9.39. The first-order valence-corrected chi connectivity index (χ1v) is 6.04. The third-order valence-electron chi connectivity index (χ3n) is 2.84. The maximum Gasteiger partial charge on any atom is 0.313 e. The smallest absolute Gasteiger partial charge is 0.313 e.